The van der Waals surface area contributed by atoms with E-state index >= 15 is 0 Å². The predicted molar refractivity (Wildman–Crippen MR) is 136 cm³/mol. The number of nitrogens with zero attached hydrogens (tertiary/aromatic N) is 5. The molecule has 3 aromatic heterocycles. The van der Waals surface area contributed by atoms with E-state index in [9.17, 15) is 14.4 Å². The highest BCUT2D eigenvalue weighted by Gasteiger charge is 2.55. The topological polar surface area (TPSA) is 134 Å². The van der Waals surface area contributed by atoms with Gasteiger partial charge in [0.2, 0.25) is 5.88 Å². The Hall–Kier alpha value is -3.90. The molecule has 3 N–H and O–H groups in total. The Morgan fingerprint density at radius 2 is 2.18 bits per heavy atom. The van der Waals surface area contributed by atoms with Crippen LogP contribution in [0.25, 0.3) is 11.0 Å². The molecule has 1 amide bonds. The quantitative estimate of drug-likeness (QED) is 0.300. The third-order valence-corrected chi connectivity index (χ3v) is 7.49. The average molecular weight is 522 g/mol. The van der Waals surface area contributed by atoms with Gasteiger partial charge in [-0.3, -0.25) is 9.78 Å². The zero-order chi connectivity index (χ0) is 26.2. The highest BCUT2D eigenvalue weighted by atomic mass is 19.1. The van der Waals surface area contributed by atoms with E-state index in [0.29, 0.717) is 60.1 Å². The number of carbonyl (C=O) groups is 1. The lowest BCUT2D eigenvalue weighted by atomic mass is 9.96. The fraction of sp³-hybridized carbons (Fsp3) is 0.423. The summed E-state index contributed by atoms with van der Waals surface area (Å²) in [5, 5.41) is 19.2. The van der Waals surface area contributed by atoms with Crippen molar-refractivity contribution in [1.29, 1.82) is 0 Å². The van der Waals surface area contributed by atoms with Gasteiger partial charge in [-0.1, -0.05) is 5.16 Å². The Labute approximate surface area is 218 Å². The number of hydrogen-bond acceptors (Lipinski definition) is 10. The van der Waals surface area contributed by atoms with Crippen LogP contribution in [0.1, 0.15) is 11.3 Å². The Balaban J connectivity index is 1.10. The van der Waals surface area contributed by atoms with E-state index in [2.05, 4.69) is 35.6 Å². The van der Waals surface area contributed by atoms with Gasteiger partial charge in [0.15, 0.2) is 18.2 Å². The summed E-state index contributed by atoms with van der Waals surface area (Å²) < 4.78 is 25.4. The molecule has 0 radical (unpaired) electrons. The van der Waals surface area contributed by atoms with Crippen molar-refractivity contribution >= 4 is 28.5 Å². The maximum atomic E-state index is 14.8. The Morgan fingerprint density at radius 3 is 3.03 bits per heavy atom. The smallest absolute Gasteiger partial charge is 0.263 e. The monoisotopic (exact) mass is 521 g/mol. The van der Waals surface area contributed by atoms with Gasteiger partial charge in [0.25, 0.3) is 5.91 Å². The predicted octanol–water partition coefficient (Wildman–Crippen LogP) is 1.84. The number of piperidine rings is 1. The van der Waals surface area contributed by atoms with Crippen LogP contribution < -0.4 is 20.1 Å². The van der Waals surface area contributed by atoms with Crippen LogP contribution >= 0.6 is 0 Å². The molecule has 2 aliphatic heterocycles. The number of pyridine rings is 3. The first-order valence-corrected chi connectivity index (χ1v) is 12.6. The number of methoxy groups -OCH3 is 1. The number of nitrogens with one attached hydrogen (secondary N) is 2. The number of likely N-dealkylation sites (tertiary alicyclic amines) is 1. The highest BCUT2D eigenvalue weighted by Crippen LogP contribution is 2.45. The fourth-order valence-electron chi connectivity index (χ4n) is 5.60. The molecule has 1 aliphatic carbocycles. The Bertz CT molecular complexity index is 1420. The van der Waals surface area contributed by atoms with Crippen LogP contribution in [0.3, 0.4) is 0 Å². The number of carbonyl (C=O) groups excluding carboxylic acids is 1. The van der Waals surface area contributed by atoms with Crippen molar-refractivity contribution in [3.63, 3.8) is 0 Å². The molecule has 3 atom stereocenters. The van der Waals surface area contributed by atoms with Gasteiger partial charge in [-0.25, -0.2) is 14.4 Å². The molecule has 11 nitrogen and oxygen atoms in total. The van der Waals surface area contributed by atoms with Crippen LogP contribution in [0.5, 0.6) is 11.6 Å². The molecule has 6 rings (SSSR count). The second kappa shape index (κ2) is 10.1. The molecular formula is C26H28FN7O4. The zero-order valence-corrected chi connectivity index (χ0v) is 20.9. The number of aromatic nitrogens is 3. The number of rotatable bonds is 8. The molecule has 2 fully saturated rings. The summed E-state index contributed by atoms with van der Waals surface area (Å²) in [6.07, 6.45) is 1.72. The maximum Gasteiger partial charge on any atom is 0.263 e. The molecular weight excluding hydrogens is 493 g/mol. The molecule has 38 heavy (non-hydrogen) atoms. The Kier molecular flexibility index (Phi) is 6.50. The molecule has 1 saturated heterocycles. The van der Waals surface area contributed by atoms with E-state index in [1.54, 1.807) is 18.2 Å². The van der Waals surface area contributed by atoms with Crippen LogP contribution in [0.4, 0.5) is 10.2 Å². The lowest BCUT2D eigenvalue weighted by Gasteiger charge is -2.31. The van der Waals surface area contributed by atoms with Gasteiger partial charge in [0, 0.05) is 56.2 Å². The number of anilines is 1. The summed E-state index contributed by atoms with van der Waals surface area (Å²) in [5.41, 5.74) is 3.28. The molecule has 0 spiro atoms. The molecule has 1 saturated carbocycles. The van der Waals surface area contributed by atoms with Gasteiger partial charge in [-0.05, 0) is 30.5 Å². The van der Waals surface area contributed by atoms with Crippen molar-refractivity contribution in [2.45, 2.75) is 13.0 Å². The van der Waals surface area contributed by atoms with Gasteiger partial charge in [-0.2, -0.15) is 0 Å². The minimum atomic E-state index is -0.380. The van der Waals surface area contributed by atoms with Crippen molar-refractivity contribution in [3.8, 4) is 11.6 Å². The van der Waals surface area contributed by atoms with Crippen LogP contribution in [0.2, 0.25) is 0 Å². The summed E-state index contributed by atoms with van der Waals surface area (Å²) >= 11 is 0. The number of oxime groups is 1. The van der Waals surface area contributed by atoms with Crippen molar-refractivity contribution in [2.75, 3.05) is 45.2 Å². The fourth-order valence-corrected chi connectivity index (χ4v) is 5.60. The number of halogens is 1. The normalized spacial score (nSPS) is 23.5. The molecule has 198 valence electrons. The van der Waals surface area contributed by atoms with E-state index in [0.717, 1.165) is 24.5 Å². The highest BCUT2D eigenvalue weighted by molar-refractivity contribution is 6.04. The molecule has 0 bridgehead atoms. The summed E-state index contributed by atoms with van der Waals surface area (Å²) in [7, 11) is 1.53. The van der Waals surface area contributed by atoms with E-state index in [1.165, 1.54) is 13.3 Å². The standard InChI is InChI=1S/C26H28FN7O4/c1-37-22-5-3-19-24(32-22)16(18(27)10-29-19)6-7-34-11-14(23-17(12-34)25(23)33-36)8-28-9-15-2-4-20-26(30-15)31-21(35)13-38-20/h2-5,10,14,17,23,28,36H,6-9,11-13H2,1H3,(H,30,31,35)/t14-,17?,23?/m1/s1. The van der Waals surface area contributed by atoms with E-state index in [-0.39, 0.29) is 36.1 Å². The SMILES string of the molecule is COc1ccc2ncc(F)c(CCN3CC4C(=NO)C4[C@H](CNCc4ccc5c(n4)NC(=O)CO5)C3)c2n1. The molecule has 0 aromatic carbocycles. The molecule has 3 aliphatic rings. The average Bonchev–Trinajstić information content (AvgIpc) is 3.65. The largest absolute Gasteiger partial charge is 0.481 e. The molecule has 12 heteroatoms. The van der Waals surface area contributed by atoms with Crippen LogP contribution in [0, 0.1) is 23.6 Å². The lowest BCUT2D eigenvalue weighted by Crippen LogP contribution is -2.42. The van der Waals surface area contributed by atoms with Gasteiger partial charge >= 0.3 is 0 Å². The first kappa shape index (κ1) is 24.4. The minimum Gasteiger partial charge on any atom is -0.481 e. The van der Waals surface area contributed by atoms with Gasteiger partial charge < -0.3 is 30.2 Å². The van der Waals surface area contributed by atoms with Crippen molar-refractivity contribution < 1.29 is 23.9 Å². The van der Waals surface area contributed by atoms with Crippen molar-refractivity contribution in [1.82, 2.24) is 25.2 Å². The first-order valence-electron chi connectivity index (χ1n) is 12.6. The number of hydrogen-bond donors (Lipinski definition) is 3. The summed E-state index contributed by atoms with van der Waals surface area (Å²) in [4.78, 5) is 27.0. The summed E-state index contributed by atoms with van der Waals surface area (Å²) in [6, 6.07) is 7.17. The number of ether oxygens (including phenoxy) is 2. The first-order chi connectivity index (χ1) is 18.5. The Morgan fingerprint density at radius 1 is 1.29 bits per heavy atom. The minimum absolute atomic E-state index is 0.00349. The molecule has 2 unspecified atom stereocenters. The zero-order valence-electron chi connectivity index (χ0n) is 20.9. The van der Waals surface area contributed by atoms with Gasteiger partial charge in [0.1, 0.15) is 5.82 Å². The van der Waals surface area contributed by atoms with Gasteiger partial charge in [-0.15, -0.1) is 0 Å². The lowest BCUT2D eigenvalue weighted by molar-refractivity contribution is -0.118. The van der Waals surface area contributed by atoms with Gasteiger partial charge in [0.05, 0.1) is 35.7 Å². The second-order valence-corrected chi connectivity index (χ2v) is 9.85. The third kappa shape index (κ3) is 4.72. The number of amides is 1. The maximum absolute atomic E-state index is 14.8. The summed E-state index contributed by atoms with van der Waals surface area (Å²) in [6.45, 7) is 3.41. The van der Waals surface area contributed by atoms with E-state index in [1.807, 2.05) is 6.07 Å². The van der Waals surface area contributed by atoms with E-state index < -0.39 is 0 Å². The second-order valence-electron chi connectivity index (χ2n) is 9.85. The van der Waals surface area contributed by atoms with Crippen molar-refractivity contribution in [2.24, 2.45) is 22.9 Å². The van der Waals surface area contributed by atoms with E-state index in [4.69, 9.17) is 9.47 Å². The molecule has 5 heterocycles. The van der Waals surface area contributed by atoms with Crippen LogP contribution in [-0.2, 0) is 17.8 Å². The molecule has 3 aromatic rings. The number of fused-ring (bicyclic) bond motifs is 3. The van der Waals surface area contributed by atoms with Crippen LogP contribution in [0.15, 0.2) is 35.6 Å². The summed E-state index contributed by atoms with van der Waals surface area (Å²) in [5.74, 6) is 1.49. The van der Waals surface area contributed by atoms with Crippen LogP contribution in [-0.4, -0.2) is 76.6 Å². The third-order valence-electron chi connectivity index (χ3n) is 7.49. The van der Waals surface area contributed by atoms with Crippen molar-refractivity contribution in [3.05, 3.63) is 47.5 Å².